The predicted molar refractivity (Wildman–Crippen MR) is 118 cm³/mol. The van der Waals surface area contributed by atoms with Crippen molar-refractivity contribution in [2.24, 2.45) is 0 Å². The fourth-order valence-corrected chi connectivity index (χ4v) is 3.56. The average Bonchev–Trinajstić information content (AvgIpc) is 3.19. The van der Waals surface area contributed by atoms with Crippen molar-refractivity contribution in [3.05, 3.63) is 83.5 Å². The molecule has 2 aromatic carbocycles. The van der Waals surface area contributed by atoms with Gasteiger partial charge in [-0.2, -0.15) is 4.98 Å². The zero-order valence-corrected chi connectivity index (χ0v) is 18.3. The summed E-state index contributed by atoms with van der Waals surface area (Å²) in [7, 11) is 0. The molecule has 30 heavy (non-hydrogen) atoms. The third-order valence-corrected chi connectivity index (χ3v) is 5.14. The summed E-state index contributed by atoms with van der Waals surface area (Å²) < 4.78 is 5.32. The second kappa shape index (κ2) is 9.70. The van der Waals surface area contributed by atoms with Crippen LogP contribution in [0.25, 0.3) is 0 Å². The third kappa shape index (κ3) is 5.78. The molecule has 0 aliphatic heterocycles. The van der Waals surface area contributed by atoms with E-state index in [2.05, 4.69) is 46.6 Å². The van der Waals surface area contributed by atoms with Crippen LogP contribution in [0.5, 0.6) is 0 Å². The number of hydrogen-bond acceptors (Lipinski definition) is 4. The minimum Gasteiger partial charge on any atom is -0.353 e. The van der Waals surface area contributed by atoms with Gasteiger partial charge in [0.1, 0.15) is 0 Å². The van der Waals surface area contributed by atoms with Crippen LogP contribution in [0.15, 0.2) is 65.2 Å². The first-order chi connectivity index (χ1) is 14.3. The van der Waals surface area contributed by atoms with Gasteiger partial charge in [-0.3, -0.25) is 4.79 Å². The first-order valence-corrected chi connectivity index (χ1v) is 10.6. The largest absolute Gasteiger partial charge is 0.353 e. The van der Waals surface area contributed by atoms with E-state index in [0.717, 1.165) is 0 Å². The van der Waals surface area contributed by atoms with E-state index in [1.165, 1.54) is 11.1 Å². The maximum atomic E-state index is 12.6. The number of aromatic nitrogens is 2. The van der Waals surface area contributed by atoms with Gasteiger partial charge in [0.2, 0.25) is 11.8 Å². The molecule has 5 heteroatoms. The molecule has 1 atom stereocenters. The number of nitrogens with zero attached hydrogens (tertiary/aromatic N) is 2. The SMILES string of the molecule is CC(NC(=O)CCCc1nc(C(C)(C)C)no1)C(c1ccccc1)c1ccccc1. The summed E-state index contributed by atoms with van der Waals surface area (Å²) in [5.74, 6) is 1.42. The van der Waals surface area contributed by atoms with Gasteiger partial charge in [-0.05, 0) is 24.5 Å². The van der Waals surface area contributed by atoms with Crippen LogP contribution < -0.4 is 5.32 Å². The minimum atomic E-state index is -0.140. The van der Waals surface area contributed by atoms with Gasteiger partial charge >= 0.3 is 0 Å². The van der Waals surface area contributed by atoms with Crippen LogP contribution in [0, 0.1) is 0 Å². The van der Waals surface area contributed by atoms with Crippen LogP contribution >= 0.6 is 0 Å². The van der Waals surface area contributed by atoms with Crippen LogP contribution in [0.1, 0.15) is 69.3 Å². The number of amides is 1. The highest BCUT2D eigenvalue weighted by Crippen LogP contribution is 2.28. The highest BCUT2D eigenvalue weighted by atomic mass is 16.5. The normalized spacial score (nSPS) is 12.7. The van der Waals surface area contributed by atoms with Crippen LogP contribution in [-0.4, -0.2) is 22.1 Å². The molecule has 158 valence electrons. The summed E-state index contributed by atoms with van der Waals surface area (Å²) in [5.41, 5.74) is 2.24. The molecule has 0 bridgehead atoms. The van der Waals surface area contributed by atoms with Gasteiger partial charge in [-0.1, -0.05) is 86.6 Å². The second-order valence-corrected chi connectivity index (χ2v) is 8.77. The Labute approximate surface area is 178 Å². The fraction of sp³-hybridized carbons (Fsp3) is 0.400. The lowest BCUT2D eigenvalue weighted by molar-refractivity contribution is -0.121. The number of carbonyl (C=O) groups is 1. The summed E-state index contributed by atoms with van der Waals surface area (Å²) in [6.07, 6.45) is 1.70. The molecule has 1 unspecified atom stereocenters. The Bertz CT molecular complexity index is 890. The van der Waals surface area contributed by atoms with Crippen molar-refractivity contribution in [2.45, 2.75) is 64.3 Å². The van der Waals surface area contributed by atoms with Crippen molar-refractivity contribution in [1.29, 1.82) is 0 Å². The lowest BCUT2D eigenvalue weighted by Gasteiger charge is -2.26. The predicted octanol–water partition coefficient (Wildman–Crippen LogP) is 5.03. The molecule has 1 amide bonds. The summed E-state index contributed by atoms with van der Waals surface area (Å²) in [6.45, 7) is 8.21. The van der Waals surface area contributed by atoms with Crippen molar-refractivity contribution in [1.82, 2.24) is 15.5 Å². The van der Waals surface area contributed by atoms with Crippen LogP contribution in [-0.2, 0) is 16.6 Å². The maximum Gasteiger partial charge on any atom is 0.226 e. The van der Waals surface area contributed by atoms with Crippen LogP contribution in [0.4, 0.5) is 0 Å². The number of nitrogens with one attached hydrogen (secondary N) is 1. The summed E-state index contributed by atoms with van der Waals surface area (Å²) in [5, 5.41) is 7.22. The molecule has 1 aromatic heterocycles. The minimum absolute atomic E-state index is 0.0294. The molecule has 1 heterocycles. The van der Waals surface area contributed by atoms with Crippen molar-refractivity contribution in [3.63, 3.8) is 0 Å². The second-order valence-electron chi connectivity index (χ2n) is 8.77. The van der Waals surface area contributed by atoms with Crippen molar-refractivity contribution >= 4 is 5.91 Å². The van der Waals surface area contributed by atoms with Crippen molar-refractivity contribution < 1.29 is 9.32 Å². The summed E-state index contributed by atoms with van der Waals surface area (Å²) >= 11 is 0. The highest BCUT2D eigenvalue weighted by Gasteiger charge is 2.23. The molecule has 3 rings (SSSR count). The van der Waals surface area contributed by atoms with Gasteiger partial charge in [0, 0.05) is 30.2 Å². The smallest absolute Gasteiger partial charge is 0.226 e. The Morgan fingerprint density at radius 1 is 1.00 bits per heavy atom. The molecule has 0 radical (unpaired) electrons. The van der Waals surface area contributed by atoms with Crippen LogP contribution in [0.3, 0.4) is 0 Å². The Hall–Kier alpha value is -2.95. The zero-order chi connectivity index (χ0) is 21.6. The molecule has 0 saturated heterocycles. The molecule has 0 aliphatic rings. The van der Waals surface area contributed by atoms with E-state index < -0.39 is 0 Å². The third-order valence-electron chi connectivity index (χ3n) is 5.14. The highest BCUT2D eigenvalue weighted by molar-refractivity contribution is 5.76. The lowest BCUT2D eigenvalue weighted by atomic mass is 9.85. The molecule has 1 N–H and O–H groups in total. The summed E-state index contributed by atoms with van der Waals surface area (Å²) in [4.78, 5) is 17.0. The molecule has 0 saturated carbocycles. The molecule has 5 nitrogen and oxygen atoms in total. The zero-order valence-electron chi connectivity index (χ0n) is 18.3. The maximum absolute atomic E-state index is 12.6. The van der Waals surface area contributed by atoms with Crippen molar-refractivity contribution in [3.8, 4) is 0 Å². The molecule has 0 spiro atoms. The van der Waals surface area contributed by atoms with E-state index in [-0.39, 0.29) is 23.3 Å². The molecule has 0 fully saturated rings. The molecule has 0 aliphatic carbocycles. The Balaban J connectivity index is 1.58. The van der Waals surface area contributed by atoms with E-state index in [9.17, 15) is 4.79 Å². The van der Waals surface area contributed by atoms with Gasteiger partial charge in [-0.15, -0.1) is 0 Å². The lowest BCUT2D eigenvalue weighted by Crippen LogP contribution is -2.37. The van der Waals surface area contributed by atoms with Gasteiger partial charge in [0.25, 0.3) is 0 Å². The van der Waals surface area contributed by atoms with E-state index >= 15 is 0 Å². The van der Waals surface area contributed by atoms with Gasteiger partial charge in [-0.25, -0.2) is 0 Å². The average molecular weight is 406 g/mol. The fourth-order valence-electron chi connectivity index (χ4n) is 3.56. The first-order valence-electron chi connectivity index (χ1n) is 10.6. The summed E-state index contributed by atoms with van der Waals surface area (Å²) in [6, 6.07) is 20.6. The van der Waals surface area contributed by atoms with E-state index in [1.807, 2.05) is 57.2 Å². The van der Waals surface area contributed by atoms with E-state index in [4.69, 9.17) is 4.52 Å². The van der Waals surface area contributed by atoms with Gasteiger partial charge in [0.15, 0.2) is 5.82 Å². The van der Waals surface area contributed by atoms with E-state index in [1.54, 1.807) is 0 Å². The number of benzene rings is 2. The monoisotopic (exact) mass is 405 g/mol. The molecule has 3 aromatic rings. The first kappa shape index (κ1) is 21.8. The van der Waals surface area contributed by atoms with Gasteiger partial charge in [0.05, 0.1) is 0 Å². The Morgan fingerprint density at radius 2 is 1.57 bits per heavy atom. The Morgan fingerprint density at radius 3 is 2.07 bits per heavy atom. The molecular weight excluding hydrogens is 374 g/mol. The standard InChI is InChI=1S/C25H31N3O2/c1-18(23(19-12-7-5-8-13-19)20-14-9-6-10-15-20)26-21(29)16-11-17-22-27-24(28-30-22)25(2,3)4/h5-10,12-15,18,23H,11,16-17H2,1-4H3,(H,26,29). The quantitative estimate of drug-likeness (QED) is 0.571. The van der Waals surface area contributed by atoms with Crippen molar-refractivity contribution in [2.75, 3.05) is 0 Å². The van der Waals surface area contributed by atoms with Crippen LogP contribution in [0.2, 0.25) is 0 Å². The van der Waals surface area contributed by atoms with Gasteiger partial charge < -0.3 is 9.84 Å². The number of hydrogen-bond donors (Lipinski definition) is 1. The Kier molecular flexibility index (Phi) is 7.03. The number of rotatable bonds is 8. The topological polar surface area (TPSA) is 68.0 Å². The van der Waals surface area contributed by atoms with E-state index in [0.29, 0.717) is 31.0 Å². The number of carbonyl (C=O) groups excluding carboxylic acids is 1. The number of aryl methyl sites for hydroxylation is 1. The molecular formula is C25H31N3O2.